The molecular weight excluding hydrogens is 702 g/mol. The molecule has 0 spiro atoms. The molecule has 0 saturated heterocycles. The standard InChI is InChI=1S/C35H31Br2N3O5/c1-4-21-13-10-14-26-30(22-11-8-7-9-12-22)32(39-31(21)26)34(41)40-38-20-24-17-25(36)19-27(37)33(24)45-35(42)23-15-16-28(43-5-2)29(18-23)44-6-3/h7-20,39H,4-6H2,1-3H3,(H,40,41). The van der Waals surface area contributed by atoms with E-state index in [2.05, 4.69) is 54.3 Å². The molecule has 8 nitrogen and oxygen atoms in total. The molecule has 230 valence electrons. The molecule has 0 aliphatic carbocycles. The number of halogens is 2. The second-order valence-corrected chi connectivity index (χ2v) is 11.6. The predicted molar refractivity (Wildman–Crippen MR) is 184 cm³/mol. The number of esters is 1. The Bertz CT molecular complexity index is 1890. The van der Waals surface area contributed by atoms with Crippen LogP contribution in [-0.2, 0) is 6.42 Å². The number of carbonyl (C=O) groups is 2. The van der Waals surface area contributed by atoms with Crippen LogP contribution < -0.4 is 19.6 Å². The Hall–Kier alpha value is -4.41. The summed E-state index contributed by atoms with van der Waals surface area (Å²) in [5, 5.41) is 5.20. The molecule has 1 heterocycles. The Kier molecular flexibility index (Phi) is 10.4. The molecule has 0 atom stereocenters. The number of ether oxygens (including phenoxy) is 3. The topological polar surface area (TPSA) is 102 Å². The van der Waals surface area contributed by atoms with E-state index in [4.69, 9.17) is 14.2 Å². The number of para-hydroxylation sites is 1. The predicted octanol–water partition coefficient (Wildman–Crippen LogP) is 8.70. The first kappa shape index (κ1) is 32.0. The van der Waals surface area contributed by atoms with Crippen molar-refractivity contribution in [2.75, 3.05) is 13.2 Å². The van der Waals surface area contributed by atoms with Gasteiger partial charge in [0.25, 0.3) is 5.91 Å². The zero-order chi connectivity index (χ0) is 31.9. The molecule has 0 unspecified atom stereocenters. The summed E-state index contributed by atoms with van der Waals surface area (Å²) in [6.45, 7) is 6.68. The molecule has 0 radical (unpaired) electrons. The highest BCUT2D eigenvalue weighted by atomic mass is 79.9. The second-order valence-electron chi connectivity index (χ2n) is 9.86. The summed E-state index contributed by atoms with van der Waals surface area (Å²) < 4.78 is 18.3. The van der Waals surface area contributed by atoms with E-state index in [9.17, 15) is 9.59 Å². The Balaban J connectivity index is 1.43. The number of hydrogen-bond donors (Lipinski definition) is 2. The number of hydrazone groups is 1. The van der Waals surface area contributed by atoms with Crippen LogP contribution in [0.2, 0.25) is 0 Å². The van der Waals surface area contributed by atoms with Crippen LogP contribution in [-0.4, -0.2) is 36.3 Å². The van der Waals surface area contributed by atoms with Gasteiger partial charge in [0.1, 0.15) is 5.69 Å². The average Bonchev–Trinajstić information content (AvgIpc) is 3.44. The van der Waals surface area contributed by atoms with Gasteiger partial charge in [-0.15, -0.1) is 0 Å². The van der Waals surface area contributed by atoms with Gasteiger partial charge in [0, 0.05) is 26.5 Å². The normalized spacial score (nSPS) is 11.1. The van der Waals surface area contributed by atoms with Crippen molar-refractivity contribution in [3.8, 4) is 28.4 Å². The lowest BCUT2D eigenvalue weighted by molar-refractivity contribution is 0.0732. The summed E-state index contributed by atoms with van der Waals surface area (Å²) in [7, 11) is 0. The van der Waals surface area contributed by atoms with Gasteiger partial charge in [0.15, 0.2) is 17.2 Å². The van der Waals surface area contributed by atoms with Crippen molar-refractivity contribution in [3.63, 3.8) is 0 Å². The van der Waals surface area contributed by atoms with Crippen LogP contribution in [0.3, 0.4) is 0 Å². The van der Waals surface area contributed by atoms with E-state index in [1.807, 2.05) is 62.4 Å². The van der Waals surface area contributed by atoms with Crippen molar-refractivity contribution < 1.29 is 23.8 Å². The smallest absolute Gasteiger partial charge is 0.343 e. The van der Waals surface area contributed by atoms with Crippen molar-refractivity contribution in [2.45, 2.75) is 27.2 Å². The van der Waals surface area contributed by atoms with Gasteiger partial charge in [0.05, 0.1) is 29.5 Å². The molecule has 0 saturated carbocycles. The van der Waals surface area contributed by atoms with Gasteiger partial charge >= 0.3 is 5.97 Å². The van der Waals surface area contributed by atoms with Crippen LogP contribution in [0.1, 0.15) is 52.7 Å². The first-order valence-corrected chi connectivity index (χ1v) is 16.1. The van der Waals surface area contributed by atoms with E-state index in [0.29, 0.717) is 40.4 Å². The zero-order valence-corrected chi connectivity index (χ0v) is 28.1. The average molecular weight is 733 g/mol. The number of benzene rings is 4. The SMILES string of the molecule is CCOc1ccc(C(=O)Oc2c(Br)cc(Br)cc2C=NNC(=O)c2[nH]c3c(CC)cccc3c2-c2ccccc2)cc1OCC. The minimum absolute atomic E-state index is 0.233. The van der Waals surface area contributed by atoms with Gasteiger partial charge < -0.3 is 19.2 Å². The monoisotopic (exact) mass is 731 g/mol. The highest BCUT2D eigenvalue weighted by Gasteiger charge is 2.21. The maximum Gasteiger partial charge on any atom is 0.343 e. The molecule has 5 rings (SSSR count). The molecule has 0 fully saturated rings. The Morgan fingerprint density at radius 1 is 0.889 bits per heavy atom. The number of aryl methyl sites for hydroxylation is 1. The number of aromatic amines is 1. The van der Waals surface area contributed by atoms with Crippen LogP contribution in [0.5, 0.6) is 17.2 Å². The third-order valence-corrected chi connectivity index (χ3v) is 8.02. The Morgan fingerprint density at radius 2 is 1.64 bits per heavy atom. The third-order valence-electron chi connectivity index (χ3n) is 6.97. The largest absolute Gasteiger partial charge is 0.490 e. The van der Waals surface area contributed by atoms with Gasteiger partial charge in [-0.3, -0.25) is 4.79 Å². The van der Waals surface area contributed by atoms with E-state index in [1.54, 1.807) is 30.3 Å². The summed E-state index contributed by atoms with van der Waals surface area (Å²) in [5.74, 6) is 0.217. The molecule has 2 N–H and O–H groups in total. The Labute approximate surface area is 278 Å². The summed E-state index contributed by atoms with van der Waals surface area (Å²) in [4.78, 5) is 30.1. The summed E-state index contributed by atoms with van der Waals surface area (Å²) >= 11 is 6.97. The molecule has 10 heteroatoms. The van der Waals surface area contributed by atoms with E-state index >= 15 is 0 Å². The van der Waals surface area contributed by atoms with Crippen LogP contribution in [0.25, 0.3) is 22.0 Å². The van der Waals surface area contributed by atoms with Gasteiger partial charge in [-0.25, -0.2) is 10.2 Å². The zero-order valence-electron chi connectivity index (χ0n) is 24.9. The number of hydrogen-bond acceptors (Lipinski definition) is 6. The van der Waals surface area contributed by atoms with Crippen molar-refractivity contribution in [2.24, 2.45) is 5.10 Å². The number of amides is 1. The molecule has 4 aromatic carbocycles. The van der Waals surface area contributed by atoms with Crippen LogP contribution in [0, 0.1) is 0 Å². The number of nitrogens with zero attached hydrogens (tertiary/aromatic N) is 1. The van der Waals surface area contributed by atoms with Gasteiger partial charge in [-0.1, -0.05) is 71.4 Å². The fourth-order valence-corrected chi connectivity index (χ4v) is 6.32. The molecule has 0 aliphatic rings. The molecule has 5 aromatic rings. The van der Waals surface area contributed by atoms with Gasteiger partial charge in [0.2, 0.25) is 0 Å². The fourth-order valence-electron chi connectivity index (χ4n) is 4.98. The van der Waals surface area contributed by atoms with E-state index in [-0.39, 0.29) is 11.3 Å². The fraction of sp³-hybridized carbons (Fsp3) is 0.171. The molecule has 45 heavy (non-hydrogen) atoms. The third kappa shape index (κ3) is 7.13. The lowest BCUT2D eigenvalue weighted by Gasteiger charge is -2.13. The highest BCUT2D eigenvalue weighted by molar-refractivity contribution is 9.11. The molecule has 1 aromatic heterocycles. The highest BCUT2D eigenvalue weighted by Crippen LogP contribution is 2.36. The quantitative estimate of drug-likeness (QED) is 0.0613. The second kappa shape index (κ2) is 14.6. The number of nitrogens with one attached hydrogen (secondary N) is 2. The minimum Gasteiger partial charge on any atom is -0.490 e. The van der Waals surface area contributed by atoms with Crippen LogP contribution >= 0.6 is 31.9 Å². The lowest BCUT2D eigenvalue weighted by Crippen LogP contribution is -2.19. The van der Waals surface area contributed by atoms with Crippen molar-refractivity contribution in [1.82, 2.24) is 10.4 Å². The number of H-pyrrole nitrogens is 1. The number of carbonyl (C=O) groups excluding carboxylic acids is 2. The maximum absolute atomic E-state index is 13.6. The van der Waals surface area contributed by atoms with E-state index in [1.165, 1.54) is 6.21 Å². The maximum atomic E-state index is 13.6. The summed E-state index contributed by atoms with van der Waals surface area (Å²) in [6, 6.07) is 24.2. The van der Waals surface area contributed by atoms with Crippen molar-refractivity contribution >= 4 is 60.9 Å². The first-order chi connectivity index (χ1) is 21.8. The number of rotatable bonds is 11. The van der Waals surface area contributed by atoms with Crippen molar-refractivity contribution in [1.29, 1.82) is 0 Å². The molecule has 0 aliphatic heterocycles. The minimum atomic E-state index is -0.599. The summed E-state index contributed by atoms with van der Waals surface area (Å²) in [5.41, 5.74) is 7.52. The van der Waals surface area contributed by atoms with Gasteiger partial charge in [-0.2, -0.15) is 5.10 Å². The van der Waals surface area contributed by atoms with E-state index < -0.39 is 11.9 Å². The van der Waals surface area contributed by atoms with Gasteiger partial charge in [-0.05, 0) is 77.7 Å². The lowest BCUT2D eigenvalue weighted by atomic mass is 10.00. The van der Waals surface area contributed by atoms with Crippen LogP contribution in [0.15, 0.2) is 92.9 Å². The van der Waals surface area contributed by atoms with Crippen molar-refractivity contribution in [3.05, 3.63) is 110 Å². The first-order valence-electron chi connectivity index (χ1n) is 14.5. The Morgan fingerprint density at radius 3 is 2.38 bits per heavy atom. The molecule has 0 bridgehead atoms. The number of fused-ring (bicyclic) bond motifs is 1. The van der Waals surface area contributed by atoms with E-state index in [0.717, 1.165) is 38.5 Å². The molecule has 1 amide bonds. The summed E-state index contributed by atoms with van der Waals surface area (Å²) in [6.07, 6.45) is 2.25. The molecular formula is C35H31Br2N3O5. The van der Waals surface area contributed by atoms with Crippen LogP contribution in [0.4, 0.5) is 0 Å². The number of aromatic nitrogens is 1.